The highest BCUT2D eigenvalue weighted by molar-refractivity contribution is 5.79. The first-order valence-corrected chi connectivity index (χ1v) is 13.1. The lowest BCUT2D eigenvalue weighted by Gasteiger charge is -2.28. The van der Waals surface area contributed by atoms with Gasteiger partial charge in [-0.05, 0) is 49.3 Å². The monoisotopic (exact) mass is 537 g/mol. The average molecular weight is 538 g/mol. The van der Waals surface area contributed by atoms with Crippen molar-refractivity contribution in [1.29, 1.82) is 0 Å². The van der Waals surface area contributed by atoms with E-state index in [1.54, 1.807) is 33.8 Å². The summed E-state index contributed by atoms with van der Waals surface area (Å²) in [5.41, 5.74) is 6.47. The van der Waals surface area contributed by atoms with Gasteiger partial charge in [-0.15, -0.1) is 0 Å². The number of benzene rings is 1. The maximum atomic E-state index is 12.6. The Balaban J connectivity index is 3.35. The molecule has 214 valence electrons. The summed E-state index contributed by atoms with van der Waals surface area (Å²) in [5, 5.41) is 9.69. The third kappa shape index (κ3) is 9.63. The summed E-state index contributed by atoms with van der Waals surface area (Å²) >= 11 is 0. The van der Waals surface area contributed by atoms with Crippen LogP contribution in [0, 0.1) is 23.7 Å². The van der Waals surface area contributed by atoms with Crippen molar-refractivity contribution in [2.24, 2.45) is 29.4 Å². The average Bonchev–Trinajstić information content (AvgIpc) is 2.87. The smallest absolute Gasteiger partial charge is 0.480 e. The molecule has 0 spiro atoms. The quantitative estimate of drug-likeness (QED) is 0.247. The van der Waals surface area contributed by atoms with Crippen molar-refractivity contribution >= 4 is 24.1 Å². The molecule has 0 saturated heterocycles. The molecular weight excluding hydrogens is 494 g/mol. The molecule has 5 unspecified atom stereocenters. The number of hydrogen-bond donors (Lipinski definition) is 2. The Morgan fingerprint density at radius 2 is 1.39 bits per heavy atom. The van der Waals surface area contributed by atoms with Crippen LogP contribution in [-0.4, -0.2) is 47.9 Å². The number of ether oxygens (including phenoxy) is 4. The van der Waals surface area contributed by atoms with E-state index in [1.165, 1.54) is 12.1 Å². The number of carbonyl (C=O) groups is 4. The molecule has 6 atom stereocenters. The van der Waals surface area contributed by atoms with E-state index in [-0.39, 0.29) is 36.0 Å². The van der Waals surface area contributed by atoms with Crippen LogP contribution in [0.15, 0.2) is 18.2 Å². The Morgan fingerprint density at radius 1 is 0.868 bits per heavy atom. The predicted octanol–water partition coefficient (Wildman–Crippen LogP) is 4.92. The molecule has 0 aromatic heterocycles. The molecule has 3 N–H and O–H groups in total. The zero-order valence-electron chi connectivity index (χ0n) is 23.7. The minimum absolute atomic E-state index is 0.0228. The lowest BCUT2D eigenvalue weighted by molar-refractivity contribution is -0.141. The minimum Gasteiger partial charge on any atom is -0.480 e. The molecular formula is C28H43NO9. The lowest BCUT2D eigenvalue weighted by atomic mass is 9.82. The molecule has 0 amide bonds. The normalized spacial score (nSPS) is 15.9. The molecule has 1 rings (SSSR count). The van der Waals surface area contributed by atoms with Gasteiger partial charge in [-0.2, -0.15) is 0 Å². The van der Waals surface area contributed by atoms with E-state index in [4.69, 9.17) is 24.7 Å². The first kappa shape index (κ1) is 32.9. The highest BCUT2D eigenvalue weighted by Gasteiger charge is 2.33. The van der Waals surface area contributed by atoms with Crippen LogP contribution < -0.4 is 15.2 Å². The lowest BCUT2D eigenvalue weighted by Crippen LogP contribution is -2.40. The van der Waals surface area contributed by atoms with Crippen molar-refractivity contribution in [3.8, 4) is 11.5 Å². The van der Waals surface area contributed by atoms with Crippen LogP contribution in [-0.2, 0) is 23.9 Å². The fraction of sp³-hybridized carbons (Fsp3) is 0.643. The number of aliphatic carboxylic acids is 1. The second kappa shape index (κ2) is 15.3. The molecule has 0 radical (unpaired) electrons. The van der Waals surface area contributed by atoms with Gasteiger partial charge in [0, 0.05) is 5.92 Å². The van der Waals surface area contributed by atoms with E-state index in [9.17, 15) is 24.3 Å². The second-order valence-corrected chi connectivity index (χ2v) is 10.2. The summed E-state index contributed by atoms with van der Waals surface area (Å²) in [6.45, 7) is 14.2. The first-order valence-electron chi connectivity index (χ1n) is 13.1. The molecule has 0 bridgehead atoms. The summed E-state index contributed by atoms with van der Waals surface area (Å²) in [7, 11) is 0. The predicted molar refractivity (Wildman–Crippen MR) is 141 cm³/mol. The van der Waals surface area contributed by atoms with E-state index in [0.717, 1.165) is 0 Å². The van der Waals surface area contributed by atoms with Crippen molar-refractivity contribution in [2.75, 3.05) is 6.61 Å². The molecule has 10 nitrogen and oxygen atoms in total. The number of carbonyl (C=O) groups excluding carboxylic acids is 3. The summed E-state index contributed by atoms with van der Waals surface area (Å²) in [4.78, 5) is 49.0. The van der Waals surface area contributed by atoms with Gasteiger partial charge in [0.15, 0.2) is 11.5 Å². The molecule has 10 heteroatoms. The Bertz CT molecular complexity index is 962. The molecule has 38 heavy (non-hydrogen) atoms. The van der Waals surface area contributed by atoms with Gasteiger partial charge in [-0.1, -0.05) is 54.5 Å². The van der Waals surface area contributed by atoms with Gasteiger partial charge in [0.05, 0.1) is 18.4 Å². The third-order valence-electron chi connectivity index (χ3n) is 6.77. The van der Waals surface area contributed by atoms with Crippen LogP contribution in [0.1, 0.15) is 79.7 Å². The summed E-state index contributed by atoms with van der Waals surface area (Å²) in [6.07, 6.45) is -0.128. The number of nitrogens with two attached hydrogens (primary N) is 1. The van der Waals surface area contributed by atoms with E-state index >= 15 is 0 Å². The zero-order valence-corrected chi connectivity index (χ0v) is 23.7. The van der Waals surface area contributed by atoms with E-state index in [0.29, 0.717) is 18.4 Å². The SMILES string of the molecule is CCC(C)C(=O)Oc1ccc(C(C(C)COC(=O)OC(C)C(C)C)[C@H](N)C(=O)O)cc1OC(=O)C(C)CC. The van der Waals surface area contributed by atoms with Crippen LogP contribution in [0.25, 0.3) is 0 Å². The molecule has 0 aliphatic rings. The minimum atomic E-state index is -1.37. The van der Waals surface area contributed by atoms with E-state index in [1.807, 2.05) is 27.7 Å². The standard InChI is InChI=1S/C28H43NO9/c1-9-16(5)26(32)37-21-12-11-20(13-22(21)38-27(33)17(6)10-2)23(24(29)25(30)31)18(7)14-35-28(34)36-19(8)15(3)4/h11-13,15-19,23-24H,9-10,14,29H2,1-8H3,(H,30,31)/t16?,17?,18?,19?,23?,24-/m0/s1. The molecule has 0 heterocycles. The van der Waals surface area contributed by atoms with Gasteiger partial charge < -0.3 is 29.8 Å². The molecule has 0 aliphatic heterocycles. The van der Waals surface area contributed by atoms with Crippen LogP contribution >= 0.6 is 0 Å². The van der Waals surface area contributed by atoms with Crippen molar-refractivity contribution in [1.82, 2.24) is 0 Å². The highest BCUT2D eigenvalue weighted by Crippen LogP contribution is 2.36. The number of carboxylic acids is 1. The molecule has 1 aromatic carbocycles. The van der Waals surface area contributed by atoms with Crippen molar-refractivity contribution in [2.45, 2.75) is 86.3 Å². The van der Waals surface area contributed by atoms with Gasteiger partial charge >= 0.3 is 24.1 Å². The Kier molecular flexibility index (Phi) is 13.3. The number of hydrogen-bond acceptors (Lipinski definition) is 9. The largest absolute Gasteiger partial charge is 0.508 e. The Hall–Kier alpha value is -3.14. The summed E-state index contributed by atoms with van der Waals surface area (Å²) < 4.78 is 21.5. The van der Waals surface area contributed by atoms with Gasteiger partial charge in [0.1, 0.15) is 12.1 Å². The van der Waals surface area contributed by atoms with Gasteiger partial charge in [0.2, 0.25) is 0 Å². The van der Waals surface area contributed by atoms with Crippen molar-refractivity contribution in [3.05, 3.63) is 23.8 Å². The first-order chi connectivity index (χ1) is 17.7. The molecule has 0 saturated carbocycles. The van der Waals surface area contributed by atoms with E-state index in [2.05, 4.69) is 0 Å². The second-order valence-electron chi connectivity index (χ2n) is 10.2. The maximum absolute atomic E-state index is 12.6. The van der Waals surface area contributed by atoms with Crippen molar-refractivity contribution < 1.29 is 43.2 Å². The zero-order chi connectivity index (χ0) is 29.2. The molecule has 1 aromatic rings. The fourth-order valence-electron chi connectivity index (χ4n) is 3.32. The van der Waals surface area contributed by atoms with Gasteiger partial charge in [-0.25, -0.2) is 4.79 Å². The van der Waals surface area contributed by atoms with Gasteiger partial charge in [-0.3, -0.25) is 14.4 Å². The summed E-state index contributed by atoms with van der Waals surface area (Å²) in [5.74, 6) is -4.37. The highest BCUT2D eigenvalue weighted by atomic mass is 16.7. The van der Waals surface area contributed by atoms with Crippen LogP contribution in [0.2, 0.25) is 0 Å². The third-order valence-corrected chi connectivity index (χ3v) is 6.77. The Labute approximate surface area is 225 Å². The van der Waals surface area contributed by atoms with Crippen LogP contribution in [0.3, 0.4) is 0 Å². The maximum Gasteiger partial charge on any atom is 0.508 e. The molecule has 0 fully saturated rings. The Morgan fingerprint density at radius 3 is 1.87 bits per heavy atom. The number of rotatable bonds is 14. The fourth-order valence-corrected chi connectivity index (χ4v) is 3.32. The number of carboxylic acid groups (broad SMARTS) is 1. The number of esters is 2. The van der Waals surface area contributed by atoms with Crippen LogP contribution in [0.4, 0.5) is 4.79 Å². The van der Waals surface area contributed by atoms with E-state index < -0.39 is 47.9 Å². The molecule has 0 aliphatic carbocycles. The van der Waals surface area contributed by atoms with Crippen molar-refractivity contribution in [3.63, 3.8) is 0 Å². The van der Waals surface area contributed by atoms with Gasteiger partial charge in [0.25, 0.3) is 0 Å². The summed E-state index contributed by atoms with van der Waals surface area (Å²) in [6, 6.07) is 3.08. The topological polar surface area (TPSA) is 151 Å². The van der Waals surface area contributed by atoms with Crippen LogP contribution in [0.5, 0.6) is 11.5 Å².